The predicted octanol–water partition coefficient (Wildman–Crippen LogP) is 1.62. The van der Waals surface area contributed by atoms with E-state index in [1.165, 1.54) is 10.6 Å². The van der Waals surface area contributed by atoms with Crippen LogP contribution in [-0.4, -0.2) is 52.2 Å². The van der Waals surface area contributed by atoms with Crippen LogP contribution < -0.4 is 0 Å². The van der Waals surface area contributed by atoms with Crippen LogP contribution in [0.4, 0.5) is 0 Å². The van der Waals surface area contributed by atoms with Crippen LogP contribution in [0.1, 0.15) is 36.0 Å². The number of sulfonamides is 1. The minimum absolute atomic E-state index is 0.258. The average Bonchev–Trinajstić information content (AvgIpc) is 2.92. The maximum absolute atomic E-state index is 11.6. The number of aromatic nitrogens is 4. The quantitative estimate of drug-likeness (QED) is 0.920. The highest BCUT2D eigenvalue weighted by molar-refractivity contribution is 7.88. The first-order valence-corrected chi connectivity index (χ1v) is 9.51. The summed E-state index contributed by atoms with van der Waals surface area (Å²) in [5.41, 5.74) is 3.57. The second-order valence-corrected chi connectivity index (χ2v) is 8.08. The fourth-order valence-electron chi connectivity index (χ4n) is 2.96. The summed E-state index contributed by atoms with van der Waals surface area (Å²) in [4.78, 5) is 9.03. The molecule has 124 valence electrons. The second-order valence-electron chi connectivity index (χ2n) is 6.10. The number of piperidine rings is 1. The zero-order valence-corrected chi connectivity index (χ0v) is 14.4. The molecule has 1 aliphatic rings. The van der Waals surface area contributed by atoms with Gasteiger partial charge in [-0.15, -0.1) is 0 Å². The largest absolute Gasteiger partial charge is 0.282 e. The van der Waals surface area contributed by atoms with Gasteiger partial charge in [0.05, 0.1) is 11.9 Å². The lowest BCUT2D eigenvalue weighted by Gasteiger charge is -2.30. The number of hydrogen-bond donors (Lipinski definition) is 1. The highest BCUT2D eigenvalue weighted by Crippen LogP contribution is 2.29. The molecular formula is C15H21N5O2S. The van der Waals surface area contributed by atoms with E-state index in [0.29, 0.717) is 18.9 Å². The van der Waals surface area contributed by atoms with E-state index in [9.17, 15) is 8.42 Å². The van der Waals surface area contributed by atoms with Crippen molar-refractivity contribution in [3.63, 3.8) is 0 Å². The molecule has 1 fully saturated rings. The Balaban J connectivity index is 1.83. The summed E-state index contributed by atoms with van der Waals surface area (Å²) in [6.45, 7) is 4.91. The summed E-state index contributed by atoms with van der Waals surface area (Å²) < 4.78 is 24.8. The third kappa shape index (κ3) is 3.59. The molecule has 8 heteroatoms. The van der Waals surface area contributed by atoms with Crippen molar-refractivity contribution in [1.82, 2.24) is 24.5 Å². The summed E-state index contributed by atoms with van der Waals surface area (Å²) in [6, 6.07) is 3.93. The van der Waals surface area contributed by atoms with Crippen LogP contribution in [-0.2, 0) is 10.0 Å². The lowest BCUT2D eigenvalue weighted by atomic mass is 9.93. The van der Waals surface area contributed by atoms with Gasteiger partial charge in [-0.3, -0.25) is 5.10 Å². The fraction of sp³-hybridized carbons (Fsp3) is 0.533. The van der Waals surface area contributed by atoms with Crippen molar-refractivity contribution in [1.29, 1.82) is 0 Å². The van der Waals surface area contributed by atoms with Crippen molar-refractivity contribution in [2.45, 2.75) is 32.6 Å². The van der Waals surface area contributed by atoms with Crippen LogP contribution in [0.3, 0.4) is 0 Å². The van der Waals surface area contributed by atoms with Crippen LogP contribution in [0.15, 0.2) is 12.1 Å². The lowest BCUT2D eigenvalue weighted by molar-refractivity contribution is 0.318. The molecule has 0 amide bonds. The van der Waals surface area contributed by atoms with Gasteiger partial charge in [-0.25, -0.2) is 22.7 Å². The molecule has 23 heavy (non-hydrogen) atoms. The molecule has 1 aliphatic heterocycles. The van der Waals surface area contributed by atoms with Gasteiger partial charge in [-0.1, -0.05) is 0 Å². The van der Waals surface area contributed by atoms with Crippen LogP contribution in [0.2, 0.25) is 0 Å². The van der Waals surface area contributed by atoms with Crippen molar-refractivity contribution in [3.8, 4) is 11.4 Å². The summed E-state index contributed by atoms with van der Waals surface area (Å²) in [6.07, 6.45) is 2.82. The minimum atomic E-state index is -3.10. The number of nitrogens with zero attached hydrogens (tertiary/aromatic N) is 4. The summed E-state index contributed by atoms with van der Waals surface area (Å²) in [5.74, 6) is 0.970. The van der Waals surface area contributed by atoms with Crippen molar-refractivity contribution >= 4 is 10.0 Å². The molecule has 0 radical (unpaired) electrons. The zero-order chi connectivity index (χ0) is 16.6. The monoisotopic (exact) mass is 335 g/mol. The molecule has 0 bridgehead atoms. The van der Waals surface area contributed by atoms with E-state index in [2.05, 4.69) is 20.2 Å². The summed E-state index contributed by atoms with van der Waals surface area (Å²) in [5, 5.41) is 7.18. The van der Waals surface area contributed by atoms with Gasteiger partial charge in [-0.05, 0) is 38.8 Å². The standard InChI is InChI=1S/C15H21N5O2S/c1-10-8-15(19-18-10)14-9-13(16-11(2)17-14)12-4-6-20(7-5-12)23(3,21)22/h8-9,12H,4-7H2,1-3H3,(H,18,19). The van der Waals surface area contributed by atoms with Gasteiger partial charge in [0, 0.05) is 30.4 Å². The van der Waals surface area contributed by atoms with Crippen molar-refractivity contribution in [2.24, 2.45) is 0 Å². The predicted molar refractivity (Wildman–Crippen MR) is 87.5 cm³/mol. The molecule has 0 aromatic carbocycles. The highest BCUT2D eigenvalue weighted by Gasteiger charge is 2.27. The Morgan fingerprint density at radius 2 is 1.83 bits per heavy atom. The van der Waals surface area contributed by atoms with Gasteiger partial charge >= 0.3 is 0 Å². The molecule has 7 nitrogen and oxygen atoms in total. The van der Waals surface area contributed by atoms with Gasteiger partial charge in [0.15, 0.2) is 0 Å². The molecule has 0 aliphatic carbocycles. The molecule has 0 unspecified atom stereocenters. The van der Waals surface area contributed by atoms with Gasteiger partial charge in [0.2, 0.25) is 10.0 Å². The van der Waals surface area contributed by atoms with Crippen molar-refractivity contribution in [2.75, 3.05) is 19.3 Å². The van der Waals surface area contributed by atoms with E-state index in [4.69, 9.17) is 0 Å². The Morgan fingerprint density at radius 1 is 1.13 bits per heavy atom. The van der Waals surface area contributed by atoms with E-state index in [1.807, 2.05) is 26.0 Å². The third-order valence-corrected chi connectivity index (χ3v) is 5.47. The molecule has 0 spiro atoms. The van der Waals surface area contributed by atoms with Crippen LogP contribution in [0, 0.1) is 13.8 Å². The first kappa shape index (κ1) is 16.1. The highest BCUT2D eigenvalue weighted by atomic mass is 32.2. The Bertz CT molecular complexity index is 807. The van der Waals surface area contributed by atoms with Crippen molar-refractivity contribution < 1.29 is 8.42 Å². The molecule has 2 aromatic rings. The number of nitrogens with one attached hydrogen (secondary N) is 1. The molecule has 1 N–H and O–H groups in total. The van der Waals surface area contributed by atoms with Gasteiger partial charge in [0.25, 0.3) is 0 Å². The molecule has 0 atom stereocenters. The minimum Gasteiger partial charge on any atom is -0.282 e. The molecule has 1 saturated heterocycles. The van der Waals surface area contributed by atoms with E-state index in [0.717, 1.165) is 35.6 Å². The first-order chi connectivity index (χ1) is 10.8. The molecular weight excluding hydrogens is 314 g/mol. The number of rotatable bonds is 3. The lowest BCUT2D eigenvalue weighted by Crippen LogP contribution is -2.37. The summed E-state index contributed by atoms with van der Waals surface area (Å²) >= 11 is 0. The van der Waals surface area contributed by atoms with E-state index >= 15 is 0 Å². The molecule has 3 rings (SSSR count). The van der Waals surface area contributed by atoms with E-state index in [-0.39, 0.29) is 5.92 Å². The fourth-order valence-corrected chi connectivity index (χ4v) is 3.84. The Hall–Kier alpha value is -1.80. The number of H-pyrrole nitrogens is 1. The normalized spacial score (nSPS) is 17.5. The van der Waals surface area contributed by atoms with E-state index in [1.54, 1.807) is 0 Å². The second kappa shape index (κ2) is 6.01. The number of aryl methyl sites for hydroxylation is 2. The Kier molecular flexibility index (Phi) is 4.20. The van der Waals surface area contributed by atoms with Crippen molar-refractivity contribution in [3.05, 3.63) is 29.3 Å². The summed E-state index contributed by atoms with van der Waals surface area (Å²) in [7, 11) is -3.10. The number of hydrogen-bond acceptors (Lipinski definition) is 5. The molecule has 3 heterocycles. The smallest absolute Gasteiger partial charge is 0.211 e. The third-order valence-electron chi connectivity index (χ3n) is 4.17. The van der Waals surface area contributed by atoms with E-state index < -0.39 is 10.0 Å². The average molecular weight is 335 g/mol. The van der Waals surface area contributed by atoms with Crippen LogP contribution in [0.5, 0.6) is 0 Å². The molecule has 0 saturated carbocycles. The first-order valence-electron chi connectivity index (χ1n) is 7.66. The zero-order valence-electron chi connectivity index (χ0n) is 13.6. The SMILES string of the molecule is Cc1nc(-c2cc(C)[nH]n2)cc(C2CCN(S(C)(=O)=O)CC2)n1. The Labute approximate surface area is 136 Å². The maximum atomic E-state index is 11.6. The van der Waals surface area contributed by atoms with Gasteiger partial charge in [0.1, 0.15) is 11.5 Å². The topological polar surface area (TPSA) is 91.8 Å². The van der Waals surface area contributed by atoms with Crippen LogP contribution in [0.25, 0.3) is 11.4 Å². The maximum Gasteiger partial charge on any atom is 0.211 e. The molecule has 2 aromatic heterocycles. The Morgan fingerprint density at radius 3 is 2.39 bits per heavy atom. The van der Waals surface area contributed by atoms with Gasteiger partial charge < -0.3 is 0 Å². The van der Waals surface area contributed by atoms with Gasteiger partial charge in [-0.2, -0.15) is 5.10 Å². The van der Waals surface area contributed by atoms with Crippen LogP contribution >= 0.6 is 0 Å². The number of aromatic amines is 1.